The van der Waals surface area contributed by atoms with Crippen LogP contribution < -0.4 is 9.77 Å². The van der Waals surface area contributed by atoms with Gasteiger partial charge in [-0.15, -0.1) is 11.8 Å². The SMILES string of the molecule is Cc1ccccc1[C@H]1c2sc(=O)[nH]c2S[C@@H]2[C@@H]3C[C@H]([C@H]4C(=O)N(c5cccc(C(F)(F)F)c5)C(=O)[C@H]34)[C@@H]12. The van der Waals surface area contributed by atoms with Gasteiger partial charge in [0.05, 0.1) is 28.1 Å². The van der Waals surface area contributed by atoms with Crippen molar-refractivity contribution in [1.82, 2.24) is 4.98 Å². The number of fused-ring (bicyclic) bond motifs is 9. The third kappa shape index (κ3) is 3.21. The van der Waals surface area contributed by atoms with Gasteiger partial charge in [-0.05, 0) is 60.4 Å². The fraction of sp³-hybridized carbons (Fsp3) is 0.370. The van der Waals surface area contributed by atoms with Crippen LogP contribution in [-0.4, -0.2) is 22.0 Å². The van der Waals surface area contributed by atoms with Crippen LogP contribution in [0.5, 0.6) is 0 Å². The van der Waals surface area contributed by atoms with Gasteiger partial charge in [0.15, 0.2) is 0 Å². The van der Waals surface area contributed by atoms with Gasteiger partial charge in [-0.1, -0.05) is 41.7 Å². The minimum absolute atomic E-state index is 0.0202. The summed E-state index contributed by atoms with van der Waals surface area (Å²) in [6, 6.07) is 12.5. The molecule has 2 saturated carbocycles. The Labute approximate surface area is 218 Å². The molecule has 1 saturated heterocycles. The Morgan fingerprint density at radius 3 is 2.43 bits per heavy atom. The summed E-state index contributed by atoms with van der Waals surface area (Å²) in [6.07, 6.45) is -3.84. The van der Waals surface area contributed by atoms with Gasteiger partial charge in [-0.25, -0.2) is 0 Å². The van der Waals surface area contributed by atoms with Crippen molar-refractivity contribution in [2.75, 3.05) is 4.90 Å². The Kier molecular flexibility index (Phi) is 4.93. The standard InChI is InChI=1S/C27H21F3N2O3S2/c1-11-5-2-3-8-14(11)17-18-15-10-16(21(18)36-23-22(17)37-26(35)31-23)20-19(15)24(33)32(25(20)34)13-7-4-6-12(9-13)27(28,29)30/h2-9,15-21H,10H2,1H3,(H,31,35)/t15-,16+,17+,18-,19+,20+,21+/m0/s1. The van der Waals surface area contributed by atoms with E-state index in [-0.39, 0.29) is 39.5 Å². The van der Waals surface area contributed by atoms with E-state index in [1.165, 1.54) is 23.5 Å². The predicted octanol–water partition coefficient (Wildman–Crippen LogP) is 5.44. The van der Waals surface area contributed by atoms with Crippen molar-refractivity contribution in [3.63, 3.8) is 0 Å². The molecule has 37 heavy (non-hydrogen) atoms. The summed E-state index contributed by atoms with van der Waals surface area (Å²) in [4.78, 5) is 44.6. The molecule has 2 aromatic carbocycles. The van der Waals surface area contributed by atoms with Gasteiger partial charge in [0, 0.05) is 16.0 Å². The van der Waals surface area contributed by atoms with Crippen LogP contribution in [0.2, 0.25) is 0 Å². The number of alkyl halides is 3. The number of imide groups is 1. The van der Waals surface area contributed by atoms with Crippen molar-refractivity contribution in [3.8, 4) is 0 Å². The zero-order valence-electron chi connectivity index (χ0n) is 19.5. The largest absolute Gasteiger partial charge is 0.416 e. The minimum atomic E-state index is -4.57. The third-order valence-corrected chi connectivity index (χ3v) is 11.3. The maximum absolute atomic E-state index is 13.7. The molecule has 1 aromatic heterocycles. The molecular weight excluding hydrogens is 521 g/mol. The van der Waals surface area contributed by atoms with Crippen LogP contribution in [0.4, 0.5) is 18.9 Å². The highest BCUT2D eigenvalue weighted by Gasteiger charge is 2.69. The Morgan fingerprint density at radius 1 is 0.973 bits per heavy atom. The molecule has 10 heteroatoms. The van der Waals surface area contributed by atoms with Crippen molar-refractivity contribution in [1.29, 1.82) is 0 Å². The molecule has 0 radical (unpaired) electrons. The van der Waals surface area contributed by atoms with Crippen molar-refractivity contribution < 1.29 is 22.8 Å². The van der Waals surface area contributed by atoms with Gasteiger partial charge in [0.1, 0.15) is 0 Å². The van der Waals surface area contributed by atoms with Gasteiger partial charge in [-0.3, -0.25) is 19.3 Å². The molecule has 2 amide bonds. The molecule has 2 aliphatic heterocycles. The lowest BCUT2D eigenvalue weighted by Crippen LogP contribution is -2.42. The fourth-order valence-electron chi connectivity index (χ4n) is 7.38. The molecule has 4 aliphatic rings. The molecule has 7 atom stereocenters. The van der Waals surface area contributed by atoms with Gasteiger partial charge in [0.2, 0.25) is 11.8 Å². The van der Waals surface area contributed by atoms with Crippen molar-refractivity contribution in [2.24, 2.45) is 29.6 Å². The number of thiazole rings is 1. The minimum Gasteiger partial charge on any atom is -0.307 e. The summed E-state index contributed by atoms with van der Waals surface area (Å²) in [5.41, 5.74) is 1.31. The van der Waals surface area contributed by atoms with Crippen molar-refractivity contribution >= 4 is 40.6 Å². The summed E-state index contributed by atoms with van der Waals surface area (Å²) >= 11 is 2.80. The summed E-state index contributed by atoms with van der Waals surface area (Å²) in [5, 5.41) is 0.868. The number of nitrogens with one attached hydrogen (secondary N) is 1. The second-order valence-corrected chi connectivity index (χ2v) is 12.6. The number of nitrogens with zero attached hydrogens (tertiary/aromatic N) is 1. The number of halogens is 3. The lowest BCUT2D eigenvalue weighted by atomic mass is 9.67. The zero-order valence-corrected chi connectivity index (χ0v) is 21.1. The highest BCUT2D eigenvalue weighted by atomic mass is 32.2. The normalized spacial score (nSPS) is 32.0. The monoisotopic (exact) mass is 542 g/mol. The molecule has 0 spiro atoms. The Bertz CT molecular complexity index is 1530. The molecular formula is C27H21F3N2O3S2. The second-order valence-electron chi connectivity index (χ2n) is 10.4. The number of carbonyl (C=O) groups is 2. The highest BCUT2D eigenvalue weighted by Crippen LogP contribution is 2.68. The number of carbonyl (C=O) groups excluding carboxylic acids is 2. The van der Waals surface area contributed by atoms with Crippen LogP contribution in [0, 0.1) is 36.5 Å². The number of anilines is 1. The van der Waals surface area contributed by atoms with Crippen molar-refractivity contribution in [3.05, 3.63) is 79.8 Å². The number of rotatable bonds is 2. The Hall–Kier alpha value is -2.85. The predicted molar refractivity (Wildman–Crippen MR) is 134 cm³/mol. The molecule has 1 N–H and O–H groups in total. The molecule has 0 unspecified atom stereocenters. The zero-order chi connectivity index (χ0) is 25.8. The quantitative estimate of drug-likeness (QED) is 0.438. The number of benzene rings is 2. The lowest BCUT2D eigenvalue weighted by Gasteiger charge is -2.43. The fourth-order valence-corrected chi connectivity index (χ4v) is 10.3. The van der Waals surface area contributed by atoms with E-state index in [1.54, 1.807) is 11.8 Å². The summed E-state index contributed by atoms with van der Waals surface area (Å²) in [5.74, 6) is -2.11. The molecule has 2 aliphatic carbocycles. The van der Waals surface area contributed by atoms with Crippen LogP contribution >= 0.6 is 23.1 Å². The van der Waals surface area contributed by atoms with Crippen LogP contribution in [0.1, 0.15) is 33.9 Å². The van der Waals surface area contributed by atoms with Crippen LogP contribution in [0.25, 0.3) is 0 Å². The highest BCUT2D eigenvalue weighted by molar-refractivity contribution is 8.00. The van der Waals surface area contributed by atoms with Gasteiger partial charge < -0.3 is 4.98 Å². The average molecular weight is 543 g/mol. The van der Waals surface area contributed by atoms with Crippen molar-refractivity contribution in [2.45, 2.75) is 35.7 Å². The molecule has 7 rings (SSSR count). The molecule has 3 fully saturated rings. The first-order chi connectivity index (χ1) is 17.6. The van der Waals surface area contributed by atoms with Gasteiger partial charge in [0.25, 0.3) is 0 Å². The number of aromatic amines is 1. The van der Waals surface area contributed by atoms with Crippen LogP contribution in [0.3, 0.4) is 0 Å². The van der Waals surface area contributed by atoms with E-state index in [2.05, 4.69) is 11.1 Å². The Balaban J connectivity index is 1.31. The van der Waals surface area contributed by atoms with Crippen LogP contribution in [0.15, 0.2) is 58.4 Å². The number of aromatic nitrogens is 1. The van der Waals surface area contributed by atoms with Gasteiger partial charge >= 0.3 is 11.0 Å². The number of H-pyrrole nitrogens is 1. The first-order valence-corrected chi connectivity index (χ1v) is 13.8. The lowest BCUT2D eigenvalue weighted by molar-refractivity contribution is -0.137. The molecule has 3 aromatic rings. The maximum atomic E-state index is 13.7. The van der Waals surface area contributed by atoms with E-state index >= 15 is 0 Å². The number of amides is 2. The smallest absolute Gasteiger partial charge is 0.307 e. The molecule has 190 valence electrons. The maximum Gasteiger partial charge on any atom is 0.416 e. The van der Waals surface area contributed by atoms with E-state index < -0.39 is 35.4 Å². The Morgan fingerprint density at radius 2 is 1.70 bits per heavy atom. The van der Waals surface area contributed by atoms with E-state index in [0.29, 0.717) is 0 Å². The molecule has 3 heterocycles. The molecule has 2 bridgehead atoms. The second kappa shape index (κ2) is 7.83. The van der Waals surface area contributed by atoms with E-state index in [0.717, 1.165) is 44.5 Å². The van der Waals surface area contributed by atoms with E-state index in [9.17, 15) is 27.6 Å². The topological polar surface area (TPSA) is 70.2 Å². The summed E-state index contributed by atoms with van der Waals surface area (Å²) < 4.78 is 40.1. The third-order valence-electron chi connectivity index (χ3n) is 8.68. The first kappa shape index (κ1) is 23.3. The van der Waals surface area contributed by atoms with E-state index in [4.69, 9.17) is 0 Å². The van der Waals surface area contributed by atoms with Gasteiger partial charge in [-0.2, -0.15) is 13.2 Å². The summed E-state index contributed by atoms with van der Waals surface area (Å²) in [7, 11) is 0. The number of aryl methyl sites for hydroxylation is 1. The summed E-state index contributed by atoms with van der Waals surface area (Å²) in [6.45, 7) is 2.04. The number of hydrogen-bond acceptors (Lipinski definition) is 5. The first-order valence-electron chi connectivity index (χ1n) is 12.2. The average Bonchev–Trinajstić information content (AvgIpc) is 3.58. The van der Waals surface area contributed by atoms with Crippen LogP contribution in [-0.2, 0) is 15.8 Å². The molecule has 5 nitrogen and oxygen atoms in total. The van der Waals surface area contributed by atoms with E-state index in [1.807, 2.05) is 25.1 Å². The number of hydrogen-bond donors (Lipinski definition) is 1. The number of thioether (sulfide) groups is 1.